The second-order valence-corrected chi connectivity index (χ2v) is 2.49. The fraction of sp³-hybridized carbons (Fsp3) is 0.625. The standard InChI is InChI=1S/C8H13NO4/c1-6(2)8(10)13-5-4-12-7(3)9-11/h7H,1,4-5H2,2-3H3. The van der Waals surface area contributed by atoms with Crippen molar-refractivity contribution >= 4 is 5.97 Å². The van der Waals surface area contributed by atoms with Gasteiger partial charge in [-0.05, 0) is 19.0 Å². The molecule has 0 rings (SSSR count). The summed E-state index contributed by atoms with van der Waals surface area (Å²) >= 11 is 0. The van der Waals surface area contributed by atoms with Gasteiger partial charge >= 0.3 is 5.97 Å². The van der Waals surface area contributed by atoms with Crippen LogP contribution in [0.2, 0.25) is 0 Å². The van der Waals surface area contributed by atoms with E-state index in [1.54, 1.807) is 6.92 Å². The van der Waals surface area contributed by atoms with Gasteiger partial charge in [-0.3, -0.25) is 0 Å². The number of hydrogen-bond acceptors (Lipinski definition) is 5. The Morgan fingerprint density at radius 3 is 2.62 bits per heavy atom. The summed E-state index contributed by atoms with van der Waals surface area (Å²) in [6.07, 6.45) is -0.705. The first-order valence-corrected chi connectivity index (χ1v) is 3.84. The van der Waals surface area contributed by atoms with Gasteiger partial charge in [-0.1, -0.05) is 6.58 Å². The van der Waals surface area contributed by atoms with E-state index in [1.165, 1.54) is 6.92 Å². The molecule has 74 valence electrons. The Labute approximate surface area is 76.7 Å². The molecule has 0 aromatic heterocycles. The molecule has 0 fully saturated rings. The number of hydrogen-bond donors (Lipinski definition) is 0. The van der Waals surface area contributed by atoms with Crippen LogP contribution >= 0.6 is 0 Å². The third-order valence-corrected chi connectivity index (χ3v) is 1.17. The zero-order chi connectivity index (χ0) is 10.3. The van der Waals surface area contributed by atoms with Gasteiger partial charge in [0.15, 0.2) is 6.23 Å². The van der Waals surface area contributed by atoms with Gasteiger partial charge in [0.05, 0.1) is 6.61 Å². The summed E-state index contributed by atoms with van der Waals surface area (Å²) in [6.45, 7) is 6.72. The predicted octanol–water partition coefficient (Wildman–Crippen LogP) is 1.23. The molecule has 0 bridgehead atoms. The minimum Gasteiger partial charge on any atom is -0.460 e. The fourth-order valence-electron chi connectivity index (χ4n) is 0.507. The van der Waals surface area contributed by atoms with Gasteiger partial charge in [0.1, 0.15) is 6.61 Å². The Morgan fingerprint density at radius 2 is 2.15 bits per heavy atom. The van der Waals surface area contributed by atoms with Crippen molar-refractivity contribution in [2.75, 3.05) is 13.2 Å². The van der Waals surface area contributed by atoms with Crippen LogP contribution in [-0.2, 0) is 14.3 Å². The molecule has 13 heavy (non-hydrogen) atoms. The third-order valence-electron chi connectivity index (χ3n) is 1.17. The molecule has 1 unspecified atom stereocenters. The number of carbonyl (C=O) groups is 1. The van der Waals surface area contributed by atoms with Gasteiger partial charge in [0.2, 0.25) is 0 Å². The molecule has 0 aliphatic rings. The van der Waals surface area contributed by atoms with E-state index in [-0.39, 0.29) is 13.2 Å². The minimum absolute atomic E-state index is 0.103. The van der Waals surface area contributed by atoms with E-state index in [9.17, 15) is 9.70 Å². The number of esters is 1. The van der Waals surface area contributed by atoms with Crippen molar-refractivity contribution in [2.24, 2.45) is 5.18 Å². The lowest BCUT2D eigenvalue weighted by Gasteiger charge is -2.06. The van der Waals surface area contributed by atoms with Crippen LogP contribution in [0.3, 0.4) is 0 Å². The van der Waals surface area contributed by atoms with Crippen molar-refractivity contribution in [3.63, 3.8) is 0 Å². The van der Waals surface area contributed by atoms with E-state index in [0.717, 1.165) is 0 Å². The molecule has 0 aliphatic heterocycles. The SMILES string of the molecule is C=C(C)C(=O)OCCOC(C)N=O. The molecule has 1 atom stereocenters. The first kappa shape index (κ1) is 11.8. The highest BCUT2D eigenvalue weighted by Crippen LogP contribution is 1.94. The van der Waals surface area contributed by atoms with Gasteiger partial charge in [-0.25, -0.2) is 4.79 Å². The highest BCUT2D eigenvalue weighted by molar-refractivity contribution is 5.86. The van der Waals surface area contributed by atoms with Crippen molar-refractivity contribution in [1.29, 1.82) is 0 Å². The monoisotopic (exact) mass is 187 g/mol. The van der Waals surface area contributed by atoms with Crippen molar-refractivity contribution in [3.8, 4) is 0 Å². The van der Waals surface area contributed by atoms with Gasteiger partial charge in [-0.2, -0.15) is 0 Å². The van der Waals surface area contributed by atoms with E-state index in [4.69, 9.17) is 9.47 Å². The smallest absolute Gasteiger partial charge is 0.333 e. The molecule has 0 saturated heterocycles. The molecule has 0 N–H and O–H groups in total. The van der Waals surface area contributed by atoms with Gasteiger partial charge in [-0.15, -0.1) is 4.91 Å². The lowest BCUT2D eigenvalue weighted by molar-refractivity contribution is -0.141. The van der Waals surface area contributed by atoms with E-state index >= 15 is 0 Å². The Hall–Kier alpha value is -1.23. The Morgan fingerprint density at radius 1 is 1.54 bits per heavy atom. The van der Waals surface area contributed by atoms with Crippen molar-refractivity contribution < 1.29 is 14.3 Å². The zero-order valence-electron chi connectivity index (χ0n) is 7.78. The van der Waals surface area contributed by atoms with Crippen LogP contribution in [0.5, 0.6) is 0 Å². The first-order valence-electron chi connectivity index (χ1n) is 3.84. The fourth-order valence-corrected chi connectivity index (χ4v) is 0.507. The maximum absolute atomic E-state index is 10.8. The van der Waals surface area contributed by atoms with Crippen molar-refractivity contribution in [1.82, 2.24) is 0 Å². The molecule has 0 amide bonds. The molecule has 0 radical (unpaired) electrons. The van der Waals surface area contributed by atoms with Crippen LogP contribution < -0.4 is 0 Å². The molecule has 5 heteroatoms. The van der Waals surface area contributed by atoms with E-state index < -0.39 is 12.2 Å². The predicted molar refractivity (Wildman–Crippen MR) is 47.0 cm³/mol. The molecule has 0 saturated carbocycles. The number of nitrogens with zero attached hydrogens (tertiary/aromatic N) is 1. The molecule has 5 nitrogen and oxygen atoms in total. The van der Waals surface area contributed by atoms with Crippen LogP contribution in [0.15, 0.2) is 17.3 Å². The Bertz CT molecular complexity index is 202. The lowest BCUT2D eigenvalue weighted by atomic mass is 10.4. The molecule has 0 aliphatic carbocycles. The average molecular weight is 187 g/mol. The molecular formula is C8H13NO4. The Balaban J connectivity index is 3.41. The van der Waals surface area contributed by atoms with Gasteiger partial charge in [0, 0.05) is 5.57 Å². The summed E-state index contributed by atoms with van der Waals surface area (Å²) in [6, 6.07) is 0. The highest BCUT2D eigenvalue weighted by atomic mass is 16.6. The van der Waals surface area contributed by atoms with Crippen LogP contribution in [0.1, 0.15) is 13.8 Å². The van der Waals surface area contributed by atoms with E-state index in [1.807, 2.05) is 0 Å². The van der Waals surface area contributed by atoms with Gasteiger partial charge in [0.25, 0.3) is 0 Å². The summed E-state index contributed by atoms with van der Waals surface area (Å²) in [5.41, 5.74) is 0.335. The summed E-state index contributed by atoms with van der Waals surface area (Å²) in [4.78, 5) is 20.6. The first-order chi connectivity index (χ1) is 6.07. The van der Waals surface area contributed by atoms with Crippen molar-refractivity contribution in [2.45, 2.75) is 20.1 Å². The lowest BCUT2D eigenvalue weighted by Crippen LogP contribution is -2.14. The Kier molecular flexibility index (Phi) is 5.71. The summed E-state index contributed by atoms with van der Waals surface area (Å²) < 4.78 is 9.53. The minimum atomic E-state index is -0.705. The zero-order valence-corrected chi connectivity index (χ0v) is 7.78. The second kappa shape index (κ2) is 6.30. The number of nitroso groups, excluding NO2 is 1. The van der Waals surface area contributed by atoms with Gasteiger partial charge < -0.3 is 9.47 Å². The molecule has 0 spiro atoms. The average Bonchev–Trinajstić information content (AvgIpc) is 2.11. The molecular weight excluding hydrogens is 174 g/mol. The van der Waals surface area contributed by atoms with Crippen molar-refractivity contribution in [3.05, 3.63) is 17.1 Å². The topological polar surface area (TPSA) is 65.0 Å². The normalized spacial score (nSPS) is 11.8. The maximum Gasteiger partial charge on any atom is 0.333 e. The summed E-state index contributed by atoms with van der Waals surface area (Å²) in [5.74, 6) is -0.463. The summed E-state index contributed by atoms with van der Waals surface area (Å²) in [5, 5.41) is 2.61. The third kappa shape index (κ3) is 5.98. The quantitative estimate of drug-likeness (QED) is 0.271. The van der Waals surface area contributed by atoms with E-state index in [0.29, 0.717) is 5.57 Å². The molecule has 0 heterocycles. The largest absolute Gasteiger partial charge is 0.460 e. The second-order valence-electron chi connectivity index (χ2n) is 2.49. The van der Waals surface area contributed by atoms with Crippen LogP contribution in [0.25, 0.3) is 0 Å². The van der Waals surface area contributed by atoms with Crippen LogP contribution in [0.4, 0.5) is 0 Å². The number of rotatable bonds is 6. The number of carbonyl (C=O) groups excluding carboxylic acids is 1. The van der Waals surface area contributed by atoms with Crippen LogP contribution in [0, 0.1) is 4.91 Å². The maximum atomic E-state index is 10.8. The summed E-state index contributed by atoms with van der Waals surface area (Å²) in [7, 11) is 0. The molecule has 0 aromatic rings. The highest BCUT2D eigenvalue weighted by Gasteiger charge is 2.03. The van der Waals surface area contributed by atoms with Crippen LogP contribution in [-0.4, -0.2) is 25.4 Å². The number of ether oxygens (including phenoxy) is 2. The van der Waals surface area contributed by atoms with E-state index in [2.05, 4.69) is 11.8 Å². The molecule has 0 aromatic carbocycles.